The molecular weight excluding hydrogens is 358 g/mol. The van der Waals surface area contributed by atoms with Gasteiger partial charge in [-0.1, -0.05) is 24.3 Å². The monoisotopic (exact) mass is 383 g/mol. The number of amides is 2. The summed E-state index contributed by atoms with van der Waals surface area (Å²) in [6, 6.07) is 15.1. The van der Waals surface area contributed by atoms with Crippen molar-refractivity contribution in [2.45, 2.75) is 24.2 Å². The molecule has 2 aromatic rings. The van der Waals surface area contributed by atoms with Crippen molar-refractivity contribution in [2.75, 3.05) is 31.1 Å². The molecule has 0 aromatic heterocycles. The molecule has 0 unspecified atom stereocenters. The summed E-state index contributed by atoms with van der Waals surface area (Å²) in [5, 5.41) is 2.97. The predicted molar refractivity (Wildman–Crippen MR) is 110 cm³/mol. The Bertz CT molecular complexity index is 786. The molecule has 27 heavy (non-hydrogen) atoms. The van der Waals surface area contributed by atoms with Crippen molar-refractivity contribution in [3.8, 4) is 0 Å². The van der Waals surface area contributed by atoms with E-state index in [1.165, 1.54) is 11.8 Å². The SMILES string of the molecule is Nc1ccc(CCNC(=O)c2ccccc2SCC(=O)N2CCCC2)cc1. The Morgan fingerprint density at radius 3 is 2.48 bits per heavy atom. The number of hydrogen-bond acceptors (Lipinski definition) is 4. The molecular formula is C21H25N3O2S. The summed E-state index contributed by atoms with van der Waals surface area (Å²) in [5.74, 6) is 0.411. The highest BCUT2D eigenvalue weighted by atomic mass is 32.2. The molecule has 1 heterocycles. The van der Waals surface area contributed by atoms with E-state index in [1.807, 2.05) is 47.4 Å². The average Bonchev–Trinajstić information content (AvgIpc) is 3.23. The van der Waals surface area contributed by atoms with E-state index in [0.717, 1.165) is 48.5 Å². The van der Waals surface area contributed by atoms with Crippen LogP contribution >= 0.6 is 11.8 Å². The van der Waals surface area contributed by atoms with Crippen molar-refractivity contribution in [1.82, 2.24) is 10.2 Å². The maximum absolute atomic E-state index is 12.6. The molecule has 0 saturated carbocycles. The number of carbonyl (C=O) groups is 2. The quantitative estimate of drug-likeness (QED) is 0.569. The smallest absolute Gasteiger partial charge is 0.252 e. The third-order valence-corrected chi connectivity index (χ3v) is 5.68. The molecule has 0 aliphatic carbocycles. The van der Waals surface area contributed by atoms with Gasteiger partial charge in [0.2, 0.25) is 5.91 Å². The van der Waals surface area contributed by atoms with Gasteiger partial charge in [-0.05, 0) is 49.1 Å². The van der Waals surface area contributed by atoms with Gasteiger partial charge in [0.05, 0.1) is 11.3 Å². The number of nitrogens with zero attached hydrogens (tertiary/aromatic N) is 1. The number of rotatable bonds is 7. The molecule has 0 radical (unpaired) electrons. The number of anilines is 1. The molecule has 142 valence electrons. The summed E-state index contributed by atoms with van der Waals surface area (Å²) in [7, 11) is 0. The zero-order chi connectivity index (χ0) is 19.1. The fourth-order valence-corrected chi connectivity index (χ4v) is 4.03. The first kappa shape index (κ1) is 19.3. The zero-order valence-electron chi connectivity index (χ0n) is 15.3. The normalized spacial score (nSPS) is 13.6. The van der Waals surface area contributed by atoms with E-state index < -0.39 is 0 Å². The summed E-state index contributed by atoms with van der Waals surface area (Å²) in [6.45, 7) is 2.26. The van der Waals surface area contributed by atoms with Gasteiger partial charge in [-0.25, -0.2) is 0 Å². The Morgan fingerprint density at radius 2 is 1.74 bits per heavy atom. The van der Waals surface area contributed by atoms with Gasteiger partial charge in [0.25, 0.3) is 5.91 Å². The fraction of sp³-hybridized carbons (Fsp3) is 0.333. The number of thioether (sulfide) groups is 1. The van der Waals surface area contributed by atoms with Crippen molar-refractivity contribution >= 4 is 29.3 Å². The van der Waals surface area contributed by atoms with E-state index in [2.05, 4.69) is 5.32 Å². The minimum Gasteiger partial charge on any atom is -0.399 e. The van der Waals surface area contributed by atoms with Gasteiger partial charge in [-0.15, -0.1) is 11.8 Å². The van der Waals surface area contributed by atoms with E-state index >= 15 is 0 Å². The van der Waals surface area contributed by atoms with Crippen LogP contribution in [0.1, 0.15) is 28.8 Å². The second-order valence-electron chi connectivity index (χ2n) is 6.62. The first-order chi connectivity index (χ1) is 13.1. The maximum Gasteiger partial charge on any atom is 0.252 e. The lowest BCUT2D eigenvalue weighted by molar-refractivity contribution is -0.127. The van der Waals surface area contributed by atoms with Crippen LogP contribution in [0.25, 0.3) is 0 Å². The molecule has 0 spiro atoms. The van der Waals surface area contributed by atoms with E-state index in [9.17, 15) is 9.59 Å². The second-order valence-corrected chi connectivity index (χ2v) is 7.64. The van der Waals surface area contributed by atoms with Crippen molar-refractivity contribution in [3.63, 3.8) is 0 Å². The average molecular weight is 384 g/mol. The lowest BCUT2D eigenvalue weighted by atomic mass is 10.1. The van der Waals surface area contributed by atoms with Crippen molar-refractivity contribution < 1.29 is 9.59 Å². The van der Waals surface area contributed by atoms with Crippen LogP contribution < -0.4 is 11.1 Å². The van der Waals surface area contributed by atoms with Gasteiger partial charge in [0.1, 0.15) is 0 Å². The van der Waals surface area contributed by atoms with Crippen molar-refractivity contribution in [3.05, 3.63) is 59.7 Å². The molecule has 1 aliphatic heterocycles. The van der Waals surface area contributed by atoms with Crippen LogP contribution in [0.2, 0.25) is 0 Å². The number of benzene rings is 2. The standard InChI is InChI=1S/C21H25N3O2S/c22-17-9-7-16(8-10-17)11-12-23-21(26)18-5-1-2-6-19(18)27-15-20(25)24-13-3-4-14-24/h1-2,5-10H,3-4,11-15,22H2,(H,23,26). The molecule has 6 heteroatoms. The number of nitrogen functional groups attached to an aromatic ring is 1. The van der Waals surface area contributed by atoms with Gasteiger partial charge < -0.3 is 16.0 Å². The number of nitrogens with two attached hydrogens (primary N) is 1. The van der Waals surface area contributed by atoms with Gasteiger partial charge in [-0.2, -0.15) is 0 Å². The Balaban J connectivity index is 1.53. The predicted octanol–water partition coefficient (Wildman–Crippen LogP) is 2.96. The highest BCUT2D eigenvalue weighted by Gasteiger charge is 2.19. The number of likely N-dealkylation sites (tertiary alicyclic amines) is 1. The summed E-state index contributed by atoms with van der Waals surface area (Å²) >= 11 is 1.44. The first-order valence-electron chi connectivity index (χ1n) is 9.26. The third-order valence-electron chi connectivity index (χ3n) is 4.62. The third kappa shape index (κ3) is 5.50. The van der Waals surface area contributed by atoms with E-state index in [0.29, 0.717) is 17.9 Å². The van der Waals surface area contributed by atoms with Crippen molar-refractivity contribution in [2.24, 2.45) is 0 Å². The maximum atomic E-state index is 12.6. The number of carbonyl (C=O) groups excluding carboxylic acids is 2. The molecule has 2 amide bonds. The van der Waals surface area contributed by atoms with E-state index in [4.69, 9.17) is 5.73 Å². The second kappa shape index (κ2) is 9.46. The largest absolute Gasteiger partial charge is 0.399 e. The van der Waals surface area contributed by atoms with E-state index in [-0.39, 0.29) is 11.8 Å². The Labute approximate surface area is 164 Å². The van der Waals surface area contributed by atoms with Crippen LogP contribution in [0.4, 0.5) is 5.69 Å². The van der Waals surface area contributed by atoms with Gasteiger partial charge in [0, 0.05) is 30.2 Å². The summed E-state index contributed by atoms with van der Waals surface area (Å²) in [5.41, 5.74) is 8.17. The van der Waals surface area contributed by atoms with Crippen LogP contribution in [0.15, 0.2) is 53.4 Å². The highest BCUT2D eigenvalue weighted by molar-refractivity contribution is 8.00. The summed E-state index contributed by atoms with van der Waals surface area (Å²) in [4.78, 5) is 27.6. The number of nitrogens with one attached hydrogen (secondary N) is 1. The van der Waals surface area contributed by atoms with Crippen molar-refractivity contribution in [1.29, 1.82) is 0 Å². The molecule has 1 aliphatic rings. The number of hydrogen-bond donors (Lipinski definition) is 2. The Kier molecular flexibility index (Phi) is 6.76. The lowest BCUT2D eigenvalue weighted by Crippen LogP contribution is -2.29. The Morgan fingerprint density at radius 1 is 1.04 bits per heavy atom. The topological polar surface area (TPSA) is 75.4 Å². The van der Waals surface area contributed by atoms with E-state index in [1.54, 1.807) is 6.07 Å². The molecule has 0 atom stereocenters. The molecule has 3 rings (SSSR count). The van der Waals surface area contributed by atoms with Crippen LogP contribution in [-0.2, 0) is 11.2 Å². The summed E-state index contributed by atoms with van der Waals surface area (Å²) in [6.07, 6.45) is 2.92. The highest BCUT2D eigenvalue weighted by Crippen LogP contribution is 2.23. The summed E-state index contributed by atoms with van der Waals surface area (Å²) < 4.78 is 0. The first-order valence-corrected chi connectivity index (χ1v) is 10.2. The minimum atomic E-state index is -0.109. The van der Waals surface area contributed by atoms with Crippen LogP contribution in [0.3, 0.4) is 0 Å². The molecule has 0 bridgehead atoms. The van der Waals surface area contributed by atoms with Gasteiger partial charge >= 0.3 is 0 Å². The van der Waals surface area contributed by atoms with Crippen LogP contribution in [0, 0.1) is 0 Å². The molecule has 1 saturated heterocycles. The zero-order valence-corrected chi connectivity index (χ0v) is 16.1. The minimum absolute atomic E-state index is 0.109. The van der Waals surface area contributed by atoms with Gasteiger partial charge in [0.15, 0.2) is 0 Å². The lowest BCUT2D eigenvalue weighted by Gasteiger charge is -2.15. The Hall–Kier alpha value is -2.47. The van der Waals surface area contributed by atoms with Crippen LogP contribution in [0.5, 0.6) is 0 Å². The fourth-order valence-electron chi connectivity index (χ4n) is 3.08. The molecule has 1 fully saturated rings. The van der Waals surface area contributed by atoms with Gasteiger partial charge in [-0.3, -0.25) is 9.59 Å². The molecule has 3 N–H and O–H groups in total. The van der Waals surface area contributed by atoms with Crippen LogP contribution in [-0.4, -0.2) is 42.1 Å². The molecule has 5 nitrogen and oxygen atoms in total. The molecule has 2 aromatic carbocycles.